The molecule has 0 atom stereocenters. The molecule has 4 N–H and O–H groups in total. The molecule has 0 fully saturated rings. The zero-order valence-electron chi connectivity index (χ0n) is 15.7. The summed E-state index contributed by atoms with van der Waals surface area (Å²) in [4.78, 5) is 22.2. The van der Waals surface area contributed by atoms with Gasteiger partial charge in [-0.15, -0.1) is 35.3 Å². The molecule has 0 aliphatic heterocycles. The SMILES string of the molecule is CCNC(=NCc1nc(C)c(C)s1)NCCNC(=O)c1ccccc1O.I. The molecule has 1 amide bonds. The first-order valence-electron chi connectivity index (χ1n) is 8.52. The number of aromatic hydroxyl groups is 1. The van der Waals surface area contributed by atoms with Gasteiger partial charge in [-0.2, -0.15) is 0 Å². The number of nitrogens with one attached hydrogen (secondary N) is 3. The predicted molar refractivity (Wildman–Crippen MR) is 120 cm³/mol. The third kappa shape index (κ3) is 7.33. The fourth-order valence-corrected chi connectivity index (χ4v) is 3.07. The van der Waals surface area contributed by atoms with E-state index in [9.17, 15) is 9.90 Å². The summed E-state index contributed by atoms with van der Waals surface area (Å²) >= 11 is 1.65. The van der Waals surface area contributed by atoms with Crippen molar-refractivity contribution in [3.8, 4) is 5.75 Å². The predicted octanol–water partition coefficient (Wildman–Crippen LogP) is 2.57. The van der Waals surface area contributed by atoms with Crippen molar-refractivity contribution < 1.29 is 9.90 Å². The third-order valence-electron chi connectivity index (χ3n) is 3.64. The summed E-state index contributed by atoms with van der Waals surface area (Å²) < 4.78 is 0. The maximum absolute atomic E-state index is 12.0. The van der Waals surface area contributed by atoms with Gasteiger partial charge in [0.25, 0.3) is 5.91 Å². The summed E-state index contributed by atoms with van der Waals surface area (Å²) in [5.41, 5.74) is 1.31. The number of hydrogen-bond acceptors (Lipinski definition) is 5. The van der Waals surface area contributed by atoms with Gasteiger partial charge in [0.15, 0.2) is 5.96 Å². The van der Waals surface area contributed by atoms with Crippen molar-refractivity contribution in [2.75, 3.05) is 19.6 Å². The lowest BCUT2D eigenvalue weighted by atomic mass is 10.2. The summed E-state index contributed by atoms with van der Waals surface area (Å²) in [7, 11) is 0. The van der Waals surface area contributed by atoms with Crippen LogP contribution in [0.4, 0.5) is 0 Å². The van der Waals surface area contributed by atoms with Crippen LogP contribution in [0.1, 0.15) is 32.9 Å². The zero-order chi connectivity index (χ0) is 18.9. The molecule has 148 valence electrons. The van der Waals surface area contributed by atoms with E-state index in [0.717, 1.165) is 17.2 Å². The van der Waals surface area contributed by atoms with E-state index in [4.69, 9.17) is 0 Å². The summed E-state index contributed by atoms with van der Waals surface area (Å²) in [5, 5.41) is 19.8. The minimum Gasteiger partial charge on any atom is -0.507 e. The number of para-hydroxylation sites is 1. The van der Waals surface area contributed by atoms with Gasteiger partial charge in [0.1, 0.15) is 10.8 Å². The van der Waals surface area contributed by atoms with Crippen LogP contribution >= 0.6 is 35.3 Å². The Labute approximate surface area is 180 Å². The van der Waals surface area contributed by atoms with Gasteiger partial charge in [0, 0.05) is 24.5 Å². The van der Waals surface area contributed by atoms with Crippen molar-refractivity contribution in [3.63, 3.8) is 0 Å². The number of aliphatic imine (C=N–C) groups is 1. The Morgan fingerprint density at radius 3 is 2.52 bits per heavy atom. The quantitative estimate of drug-likeness (QED) is 0.202. The van der Waals surface area contributed by atoms with Crippen LogP contribution in [0.5, 0.6) is 5.75 Å². The number of halogens is 1. The van der Waals surface area contributed by atoms with Gasteiger partial charge in [0.05, 0.1) is 17.8 Å². The molecule has 0 aliphatic carbocycles. The second-order valence-electron chi connectivity index (χ2n) is 5.64. The normalized spacial score (nSPS) is 10.9. The van der Waals surface area contributed by atoms with Crippen molar-refractivity contribution in [1.82, 2.24) is 20.9 Å². The highest BCUT2D eigenvalue weighted by Gasteiger charge is 2.09. The van der Waals surface area contributed by atoms with Gasteiger partial charge in [-0.1, -0.05) is 12.1 Å². The average molecular weight is 503 g/mol. The molecule has 7 nitrogen and oxygen atoms in total. The van der Waals surface area contributed by atoms with Crippen LogP contribution in [-0.2, 0) is 6.54 Å². The van der Waals surface area contributed by atoms with E-state index in [1.54, 1.807) is 29.5 Å². The average Bonchev–Trinajstić information content (AvgIpc) is 2.94. The highest BCUT2D eigenvalue weighted by atomic mass is 127. The van der Waals surface area contributed by atoms with Crippen molar-refractivity contribution >= 4 is 47.2 Å². The molecule has 2 aromatic rings. The number of thiazole rings is 1. The molecule has 0 radical (unpaired) electrons. The Bertz CT molecular complexity index is 759. The number of aryl methyl sites for hydroxylation is 2. The number of carbonyl (C=O) groups is 1. The fourth-order valence-electron chi connectivity index (χ4n) is 2.21. The molecule has 0 unspecified atom stereocenters. The van der Waals surface area contributed by atoms with Crippen LogP contribution in [0, 0.1) is 13.8 Å². The maximum Gasteiger partial charge on any atom is 0.255 e. The third-order valence-corrected chi connectivity index (χ3v) is 4.70. The van der Waals surface area contributed by atoms with Gasteiger partial charge in [0.2, 0.25) is 0 Å². The van der Waals surface area contributed by atoms with Gasteiger partial charge in [-0.25, -0.2) is 9.98 Å². The van der Waals surface area contributed by atoms with E-state index in [1.165, 1.54) is 10.9 Å². The first-order chi connectivity index (χ1) is 12.5. The van der Waals surface area contributed by atoms with Crippen LogP contribution in [0.3, 0.4) is 0 Å². The Hall–Kier alpha value is -1.88. The van der Waals surface area contributed by atoms with Gasteiger partial charge >= 0.3 is 0 Å². The Morgan fingerprint density at radius 2 is 1.89 bits per heavy atom. The number of phenols is 1. The zero-order valence-corrected chi connectivity index (χ0v) is 18.9. The minimum absolute atomic E-state index is 0. The largest absolute Gasteiger partial charge is 0.507 e. The van der Waals surface area contributed by atoms with Crippen molar-refractivity contribution in [2.45, 2.75) is 27.3 Å². The summed E-state index contributed by atoms with van der Waals surface area (Å²) in [6.07, 6.45) is 0. The molecule has 9 heteroatoms. The number of guanidine groups is 1. The Kier molecular flexibility index (Phi) is 10.1. The Balaban J connectivity index is 0.00000364. The van der Waals surface area contributed by atoms with Gasteiger partial charge in [-0.05, 0) is 32.9 Å². The second-order valence-corrected chi connectivity index (χ2v) is 6.93. The van der Waals surface area contributed by atoms with Crippen molar-refractivity contribution in [1.29, 1.82) is 0 Å². The number of rotatable bonds is 7. The number of hydrogen-bond donors (Lipinski definition) is 4. The maximum atomic E-state index is 12.0. The minimum atomic E-state index is -0.305. The van der Waals surface area contributed by atoms with E-state index in [-0.39, 0.29) is 41.2 Å². The van der Waals surface area contributed by atoms with E-state index in [2.05, 4.69) is 32.9 Å². The first kappa shape index (κ1) is 23.2. The molecular weight excluding hydrogens is 477 g/mol. The van der Waals surface area contributed by atoms with Crippen molar-refractivity contribution in [2.24, 2.45) is 4.99 Å². The first-order valence-corrected chi connectivity index (χ1v) is 9.34. The van der Waals surface area contributed by atoms with E-state index >= 15 is 0 Å². The second kappa shape index (κ2) is 11.8. The van der Waals surface area contributed by atoms with Gasteiger partial charge in [-0.3, -0.25) is 4.79 Å². The molecule has 1 aromatic heterocycles. The van der Waals surface area contributed by atoms with E-state index < -0.39 is 0 Å². The molecular formula is C18H26IN5O2S. The molecule has 0 saturated heterocycles. The van der Waals surface area contributed by atoms with E-state index in [1.807, 2.05) is 13.8 Å². The van der Waals surface area contributed by atoms with Gasteiger partial charge < -0.3 is 21.1 Å². The molecule has 0 bridgehead atoms. The number of nitrogens with zero attached hydrogens (tertiary/aromatic N) is 2. The Morgan fingerprint density at radius 1 is 1.19 bits per heavy atom. The lowest BCUT2D eigenvalue weighted by molar-refractivity contribution is 0.0951. The van der Waals surface area contributed by atoms with E-state index in [0.29, 0.717) is 25.6 Å². The number of carbonyl (C=O) groups excluding carboxylic acids is 1. The van der Waals surface area contributed by atoms with Crippen LogP contribution < -0.4 is 16.0 Å². The van der Waals surface area contributed by atoms with Crippen LogP contribution in [0.15, 0.2) is 29.3 Å². The molecule has 1 heterocycles. The highest BCUT2D eigenvalue weighted by Crippen LogP contribution is 2.17. The summed E-state index contributed by atoms with van der Waals surface area (Å²) in [6.45, 7) is 8.22. The molecule has 2 rings (SSSR count). The number of amides is 1. The molecule has 0 saturated carbocycles. The number of benzene rings is 1. The standard InChI is InChI=1S/C18H25N5O2S.HI/c1-4-19-18(22-11-16-23-12(2)13(3)26-16)21-10-9-20-17(25)14-7-5-6-8-15(14)24;/h5-8,24H,4,9-11H2,1-3H3,(H,20,25)(H2,19,21,22);1H. The highest BCUT2D eigenvalue weighted by molar-refractivity contribution is 14.0. The monoisotopic (exact) mass is 503 g/mol. The lowest BCUT2D eigenvalue weighted by Gasteiger charge is -2.12. The molecule has 0 aliphatic rings. The van der Waals surface area contributed by atoms with Crippen molar-refractivity contribution in [3.05, 3.63) is 45.4 Å². The fraction of sp³-hybridized carbons (Fsp3) is 0.389. The summed E-state index contributed by atoms with van der Waals surface area (Å²) in [5.74, 6) is 0.345. The topological polar surface area (TPSA) is 98.6 Å². The molecule has 27 heavy (non-hydrogen) atoms. The summed E-state index contributed by atoms with van der Waals surface area (Å²) in [6, 6.07) is 6.47. The number of phenolic OH excluding ortho intramolecular Hbond substituents is 1. The smallest absolute Gasteiger partial charge is 0.255 e. The molecule has 0 spiro atoms. The van der Waals surface area contributed by atoms with Crippen LogP contribution in [0.25, 0.3) is 0 Å². The molecule has 1 aromatic carbocycles. The van der Waals surface area contributed by atoms with Crippen LogP contribution in [0.2, 0.25) is 0 Å². The van der Waals surface area contributed by atoms with Crippen LogP contribution in [-0.4, -0.2) is 41.6 Å². The lowest BCUT2D eigenvalue weighted by Crippen LogP contribution is -2.41. The number of aromatic nitrogens is 1.